The van der Waals surface area contributed by atoms with E-state index in [1.165, 1.54) is 4.90 Å². The fourth-order valence-electron chi connectivity index (χ4n) is 3.06. The SMILES string of the molecule is CCCCNC(=O)[C@@H](C)N(Cc1ccc(Cl)c(Cl)c1)C(=O)COc1ccc(CC)cc1Br. The fraction of sp³-hybridized carbons (Fsp3) is 0.417. The molecule has 2 rings (SSSR count). The van der Waals surface area contributed by atoms with Gasteiger partial charge in [-0.05, 0) is 71.1 Å². The fourth-order valence-corrected chi connectivity index (χ4v) is 3.92. The maximum Gasteiger partial charge on any atom is 0.261 e. The second-order valence-corrected chi connectivity index (χ2v) is 9.17. The van der Waals surface area contributed by atoms with Crippen LogP contribution in [0.25, 0.3) is 0 Å². The van der Waals surface area contributed by atoms with E-state index >= 15 is 0 Å². The van der Waals surface area contributed by atoms with Gasteiger partial charge in [0.1, 0.15) is 11.8 Å². The third-order valence-electron chi connectivity index (χ3n) is 5.09. The summed E-state index contributed by atoms with van der Waals surface area (Å²) < 4.78 is 6.55. The van der Waals surface area contributed by atoms with Crippen LogP contribution < -0.4 is 10.1 Å². The van der Waals surface area contributed by atoms with E-state index in [0.29, 0.717) is 22.3 Å². The topological polar surface area (TPSA) is 58.6 Å². The lowest BCUT2D eigenvalue weighted by molar-refractivity contribution is -0.142. The van der Waals surface area contributed by atoms with Crippen LogP contribution >= 0.6 is 39.1 Å². The molecule has 2 aromatic carbocycles. The number of benzene rings is 2. The highest BCUT2D eigenvalue weighted by atomic mass is 79.9. The summed E-state index contributed by atoms with van der Waals surface area (Å²) >= 11 is 15.6. The van der Waals surface area contributed by atoms with E-state index in [-0.39, 0.29) is 25.0 Å². The molecular formula is C24H29BrCl2N2O3. The molecule has 0 aromatic heterocycles. The normalized spacial score (nSPS) is 11.7. The number of halogens is 3. The molecule has 0 bridgehead atoms. The van der Waals surface area contributed by atoms with Crippen molar-refractivity contribution in [3.8, 4) is 5.75 Å². The molecule has 0 radical (unpaired) electrons. The molecule has 5 nitrogen and oxygen atoms in total. The lowest BCUT2D eigenvalue weighted by atomic mass is 10.1. The van der Waals surface area contributed by atoms with Crippen LogP contribution in [-0.2, 0) is 22.6 Å². The van der Waals surface area contributed by atoms with E-state index in [2.05, 4.69) is 35.1 Å². The molecule has 0 spiro atoms. The number of amides is 2. The monoisotopic (exact) mass is 542 g/mol. The van der Waals surface area contributed by atoms with Crippen LogP contribution in [0.2, 0.25) is 10.0 Å². The zero-order chi connectivity index (χ0) is 23.7. The summed E-state index contributed by atoms with van der Waals surface area (Å²) in [4.78, 5) is 27.3. The number of rotatable bonds is 11. The van der Waals surface area contributed by atoms with Crippen molar-refractivity contribution in [2.75, 3.05) is 13.2 Å². The molecule has 0 aliphatic carbocycles. The van der Waals surface area contributed by atoms with Crippen molar-refractivity contribution in [2.24, 2.45) is 0 Å². The first-order chi connectivity index (χ1) is 15.3. The molecule has 1 atom stereocenters. The van der Waals surface area contributed by atoms with Gasteiger partial charge in [0, 0.05) is 13.1 Å². The summed E-state index contributed by atoms with van der Waals surface area (Å²) in [5.74, 6) is 0.0612. The second-order valence-electron chi connectivity index (χ2n) is 7.50. The zero-order valence-corrected chi connectivity index (χ0v) is 21.7. The van der Waals surface area contributed by atoms with Gasteiger partial charge in [0.05, 0.1) is 14.5 Å². The molecule has 2 amide bonds. The largest absolute Gasteiger partial charge is 0.483 e. The first-order valence-corrected chi connectivity index (χ1v) is 12.2. The number of nitrogens with one attached hydrogen (secondary N) is 1. The highest BCUT2D eigenvalue weighted by Gasteiger charge is 2.26. The van der Waals surface area contributed by atoms with Crippen molar-refractivity contribution >= 4 is 50.9 Å². The van der Waals surface area contributed by atoms with E-state index in [1.807, 2.05) is 18.2 Å². The Morgan fingerprint density at radius 3 is 2.44 bits per heavy atom. The molecule has 0 heterocycles. The van der Waals surface area contributed by atoms with E-state index in [0.717, 1.165) is 34.9 Å². The summed E-state index contributed by atoms with van der Waals surface area (Å²) in [7, 11) is 0. The van der Waals surface area contributed by atoms with Gasteiger partial charge in [-0.3, -0.25) is 9.59 Å². The van der Waals surface area contributed by atoms with Crippen molar-refractivity contribution in [1.82, 2.24) is 10.2 Å². The Morgan fingerprint density at radius 1 is 1.09 bits per heavy atom. The maximum atomic E-state index is 13.1. The van der Waals surface area contributed by atoms with Gasteiger partial charge in [-0.1, -0.05) is 55.6 Å². The predicted octanol–water partition coefficient (Wildman–Crippen LogP) is 6.03. The van der Waals surface area contributed by atoms with Crippen LogP contribution in [0.5, 0.6) is 5.75 Å². The maximum absolute atomic E-state index is 13.1. The minimum Gasteiger partial charge on any atom is -0.483 e. The van der Waals surface area contributed by atoms with Gasteiger partial charge >= 0.3 is 0 Å². The van der Waals surface area contributed by atoms with Gasteiger partial charge in [0.2, 0.25) is 5.91 Å². The van der Waals surface area contributed by atoms with Gasteiger partial charge in [0.25, 0.3) is 5.91 Å². The van der Waals surface area contributed by atoms with Crippen LogP contribution in [0.15, 0.2) is 40.9 Å². The number of hydrogen-bond donors (Lipinski definition) is 1. The molecule has 0 aliphatic heterocycles. The molecule has 0 aliphatic rings. The van der Waals surface area contributed by atoms with Crippen molar-refractivity contribution in [3.63, 3.8) is 0 Å². The molecule has 32 heavy (non-hydrogen) atoms. The first-order valence-electron chi connectivity index (χ1n) is 10.7. The number of hydrogen-bond acceptors (Lipinski definition) is 3. The number of carbonyl (C=O) groups excluding carboxylic acids is 2. The molecular weight excluding hydrogens is 515 g/mol. The predicted molar refractivity (Wildman–Crippen MR) is 133 cm³/mol. The lowest BCUT2D eigenvalue weighted by Gasteiger charge is -2.29. The minimum absolute atomic E-state index is 0.196. The molecule has 0 saturated carbocycles. The molecule has 2 aromatic rings. The molecule has 1 N–H and O–H groups in total. The number of ether oxygens (including phenoxy) is 1. The summed E-state index contributed by atoms with van der Waals surface area (Å²) in [6, 6.07) is 10.3. The quantitative estimate of drug-likeness (QED) is 0.352. The van der Waals surface area contributed by atoms with Crippen LogP contribution in [0, 0.1) is 0 Å². The highest BCUT2D eigenvalue weighted by Crippen LogP contribution is 2.27. The van der Waals surface area contributed by atoms with E-state index in [1.54, 1.807) is 25.1 Å². The Balaban J connectivity index is 2.16. The van der Waals surface area contributed by atoms with Crippen molar-refractivity contribution in [3.05, 3.63) is 62.0 Å². The summed E-state index contributed by atoms with van der Waals surface area (Å²) in [6.07, 6.45) is 2.75. The number of aryl methyl sites for hydroxylation is 1. The van der Waals surface area contributed by atoms with Crippen LogP contribution in [0.3, 0.4) is 0 Å². The Morgan fingerprint density at radius 2 is 1.81 bits per heavy atom. The Bertz CT molecular complexity index is 939. The van der Waals surface area contributed by atoms with Crippen molar-refractivity contribution < 1.29 is 14.3 Å². The van der Waals surface area contributed by atoms with Crippen LogP contribution in [0.4, 0.5) is 0 Å². The second kappa shape index (κ2) is 13.1. The minimum atomic E-state index is -0.677. The third kappa shape index (κ3) is 7.68. The Labute approximate surface area is 208 Å². The van der Waals surface area contributed by atoms with E-state index in [9.17, 15) is 9.59 Å². The Kier molecular flexibility index (Phi) is 10.8. The molecule has 0 unspecified atom stereocenters. The number of carbonyl (C=O) groups is 2. The van der Waals surface area contributed by atoms with Gasteiger partial charge in [-0.2, -0.15) is 0 Å². The van der Waals surface area contributed by atoms with Crippen molar-refractivity contribution in [1.29, 1.82) is 0 Å². The lowest BCUT2D eigenvalue weighted by Crippen LogP contribution is -2.49. The molecule has 0 saturated heterocycles. The van der Waals surface area contributed by atoms with Gasteiger partial charge < -0.3 is 15.0 Å². The van der Waals surface area contributed by atoms with Gasteiger partial charge in [0.15, 0.2) is 6.61 Å². The van der Waals surface area contributed by atoms with E-state index < -0.39 is 6.04 Å². The van der Waals surface area contributed by atoms with Crippen LogP contribution in [0.1, 0.15) is 44.7 Å². The summed E-state index contributed by atoms with van der Waals surface area (Å²) in [5.41, 5.74) is 1.93. The summed E-state index contributed by atoms with van der Waals surface area (Å²) in [5, 5.41) is 3.72. The third-order valence-corrected chi connectivity index (χ3v) is 6.45. The van der Waals surface area contributed by atoms with Crippen molar-refractivity contribution in [2.45, 2.75) is 52.6 Å². The van der Waals surface area contributed by atoms with E-state index in [4.69, 9.17) is 27.9 Å². The number of nitrogens with zero attached hydrogens (tertiary/aromatic N) is 1. The van der Waals surface area contributed by atoms with Gasteiger partial charge in [-0.15, -0.1) is 0 Å². The molecule has 174 valence electrons. The molecule has 0 fully saturated rings. The van der Waals surface area contributed by atoms with Crippen LogP contribution in [-0.4, -0.2) is 35.9 Å². The number of unbranched alkanes of at least 4 members (excludes halogenated alkanes) is 1. The zero-order valence-electron chi connectivity index (χ0n) is 18.6. The average Bonchev–Trinajstić information content (AvgIpc) is 2.78. The Hall–Kier alpha value is -1.76. The average molecular weight is 544 g/mol. The standard InChI is InChI=1S/C24H29BrCl2N2O3/c1-4-6-11-28-24(31)16(3)29(14-18-7-9-20(26)21(27)13-18)23(30)15-32-22-10-8-17(5-2)12-19(22)25/h7-10,12-13,16H,4-6,11,14-15H2,1-3H3,(H,28,31)/t16-/m1/s1. The molecule has 8 heteroatoms. The summed E-state index contributed by atoms with van der Waals surface area (Å²) in [6.45, 7) is 6.41. The smallest absolute Gasteiger partial charge is 0.261 e. The van der Waals surface area contributed by atoms with Gasteiger partial charge in [-0.25, -0.2) is 0 Å². The first kappa shape index (κ1) is 26.5. The highest BCUT2D eigenvalue weighted by molar-refractivity contribution is 9.10.